The van der Waals surface area contributed by atoms with Gasteiger partial charge in [0.05, 0.1) is 18.3 Å². The summed E-state index contributed by atoms with van der Waals surface area (Å²) in [4.78, 5) is 16.8. The van der Waals surface area contributed by atoms with Crippen LogP contribution in [0.25, 0.3) is 0 Å². The fourth-order valence-corrected chi connectivity index (χ4v) is 4.31. The fraction of sp³-hybridized carbons (Fsp3) is 0.296. The standard InChI is InChI=1S/C27H25Cl2F3N2O2/c28-23-9-3-20(4-10-23)25(36-18-19-1-7-22(8-2-19)27(30,31)32)17-33-13-15-34(16-14-33)26(35)21-5-11-24(29)12-6-21/h1-12,25H,13-18H2/t25-/m0/s1. The summed E-state index contributed by atoms with van der Waals surface area (Å²) in [7, 11) is 0. The topological polar surface area (TPSA) is 32.8 Å². The predicted octanol–water partition coefficient (Wildman–Crippen LogP) is 6.73. The van der Waals surface area contributed by atoms with Crippen LogP contribution < -0.4 is 0 Å². The van der Waals surface area contributed by atoms with Crippen LogP contribution in [0.2, 0.25) is 10.0 Å². The Balaban J connectivity index is 1.38. The first-order valence-electron chi connectivity index (χ1n) is 11.5. The maximum atomic E-state index is 12.9. The van der Waals surface area contributed by atoms with Crippen LogP contribution in [0.5, 0.6) is 0 Å². The van der Waals surface area contributed by atoms with E-state index in [4.69, 9.17) is 27.9 Å². The van der Waals surface area contributed by atoms with E-state index in [0.717, 1.165) is 17.7 Å². The molecule has 1 saturated heterocycles. The second-order valence-electron chi connectivity index (χ2n) is 8.65. The Kier molecular flexibility index (Phi) is 8.57. The molecule has 4 nitrogen and oxygen atoms in total. The first-order chi connectivity index (χ1) is 17.2. The van der Waals surface area contributed by atoms with Crippen molar-refractivity contribution >= 4 is 29.1 Å². The number of amides is 1. The molecule has 0 saturated carbocycles. The monoisotopic (exact) mass is 536 g/mol. The Hall–Kier alpha value is -2.58. The van der Waals surface area contributed by atoms with Crippen molar-refractivity contribution in [2.24, 2.45) is 0 Å². The molecule has 1 aliphatic rings. The second-order valence-corrected chi connectivity index (χ2v) is 9.52. The summed E-state index contributed by atoms with van der Waals surface area (Å²) in [6.07, 6.45) is -4.69. The maximum absolute atomic E-state index is 12.9. The lowest BCUT2D eigenvalue weighted by Crippen LogP contribution is -2.49. The van der Waals surface area contributed by atoms with Gasteiger partial charge < -0.3 is 9.64 Å². The van der Waals surface area contributed by atoms with Crippen molar-refractivity contribution in [3.8, 4) is 0 Å². The highest BCUT2D eigenvalue weighted by molar-refractivity contribution is 6.30. The number of nitrogens with zero attached hydrogens (tertiary/aromatic N) is 2. The van der Waals surface area contributed by atoms with Gasteiger partial charge in [-0.3, -0.25) is 9.69 Å². The molecule has 0 bridgehead atoms. The molecule has 1 atom stereocenters. The largest absolute Gasteiger partial charge is 0.416 e. The number of halogens is 5. The van der Waals surface area contributed by atoms with Gasteiger partial charge in [-0.25, -0.2) is 0 Å². The fourth-order valence-electron chi connectivity index (χ4n) is 4.06. The van der Waals surface area contributed by atoms with Crippen molar-refractivity contribution in [3.05, 3.63) is 105 Å². The minimum atomic E-state index is -4.37. The van der Waals surface area contributed by atoms with Gasteiger partial charge in [0.2, 0.25) is 0 Å². The summed E-state index contributed by atoms with van der Waals surface area (Å²) in [5.74, 6) is -0.0286. The van der Waals surface area contributed by atoms with Crippen molar-refractivity contribution in [2.75, 3.05) is 32.7 Å². The van der Waals surface area contributed by atoms with Crippen LogP contribution in [0.4, 0.5) is 13.2 Å². The van der Waals surface area contributed by atoms with Crippen LogP contribution in [-0.2, 0) is 17.5 Å². The van der Waals surface area contributed by atoms with Crippen molar-refractivity contribution in [3.63, 3.8) is 0 Å². The van der Waals surface area contributed by atoms with Gasteiger partial charge in [-0.1, -0.05) is 47.5 Å². The van der Waals surface area contributed by atoms with Gasteiger partial charge in [0, 0.05) is 48.3 Å². The van der Waals surface area contributed by atoms with E-state index < -0.39 is 11.7 Å². The molecule has 36 heavy (non-hydrogen) atoms. The van der Waals surface area contributed by atoms with Gasteiger partial charge in [0.1, 0.15) is 0 Å². The summed E-state index contributed by atoms with van der Waals surface area (Å²) in [6, 6.07) is 19.2. The molecule has 0 unspecified atom stereocenters. The van der Waals surface area contributed by atoms with E-state index in [9.17, 15) is 18.0 Å². The van der Waals surface area contributed by atoms with E-state index in [2.05, 4.69) is 4.90 Å². The SMILES string of the molecule is O=C(c1ccc(Cl)cc1)N1CCN(C[C@H](OCc2ccc(C(F)(F)F)cc2)c2ccc(Cl)cc2)CC1. The van der Waals surface area contributed by atoms with Crippen LogP contribution in [0, 0.1) is 0 Å². The van der Waals surface area contributed by atoms with Crippen LogP contribution >= 0.6 is 23.2 Å². The summed E-state index contributed by atoms with van der Waals surface area (Å²) in [5, 5.41) is 1.19. The van der Waals surface area contributed by atoms with Crippen LogP contribution in [0.1, 0.15) is 33.2 Å². The molecule has 3 aromatic rings. The van der Waals surface area contributed by atoms with Crippen molar-refractivity contribution in [1.82, 2.24) is 9.80 Å². The summed E-state index contributed by atoms with van der Waals surface area (Å²) < 4.78 is 44.8. The average Bonchev–Trinajstić information content (AvgIpc) is 2.87. The molecular formula is C27H25Cl2F3N2O2. The molecule has 0 aromatic heterocycles. The third kappa shape index (κ3) is 7.01. The molecule has 4 rings (SSSR count). The summed E-state index contributed by atoms with van der Waals surface area (Å²) in [6.45, 7) is 3.24. The number of piperazine rings is 1. The number of benzene rings is 3. The third-order valence-electron chi connectivity index (χ3n) is 6.15. The second kappa shape index (κ2) is 11.6. The van der Waals surface area contributed by atoms with E-state index in [1.54, 1.807) is 36.4 Å². The van der Waals surface area contributed by atoms with Gasteiger partial charge in [0.25, 0.3) is 5.91 Å². The number of hydrogen-bond donors (Lipinski definition) is 0. The number of carbonyl (C=O) groups excluding carboxylic acids is 1. The number of carbonyl (C=O) groups is 1. The number of rotatable bonds is 7. The Morgan fingerprint density at radius 2 is 1.39 bits per heavy atom. The molecule has 1 fully saturated rings. The molecule has 0 N–H and O–H groups in total. The lowest BCUT2D eigenvalue weighted by molar-refractivity contribution is -0.137. The summed E-state index contributed by atoms with van der Waals surface area (Å²) >= 11 is 12.0. The number of ether oxygens (including phenoxy) is 1. The van der Waals surface area contributed by atoms with Crippen LogP contribution in [-0.4, -0.2) is 48.4 Å². The molecule has 0 radical (unpaired) electrons. The Morgan fingerprint density at radius 1 is 0.833 bits per heavy atom. The normalized spacial score (nSPS) is 15.6. The van der Waals surface area contributed by atoms with Gasteiger partial charge in [-0.05, 0) is 59.7 Å². The molecule has 0 spiro atoms. The Morgan fingerprint density at radius 3 is 1.94 bits per heavy atom. The summed E-state index contributed by atoms with van der Waals surface area (Å²) in [5.41, 5.74) is 1.49. The molecular weight excluding hydrogens is 512 g/mol. The number of hydrogen-bond acceptors (Lipinski definition) is 3. The lowest BCUT2D eigenvalue weighted by atomic mass is 10.1. The minimum Gasteiger partial charge on any atom is -0.368 e. The molecule has 9 heteroatoms. The zero-order valence-corrected chi connectivity index (χ0v) is 20.9. The Labute approximate surface area is 218 Å². The molecule has 3 aromatic carbocycles. The Bertz CT molecular complexity index is 1150. The van der Waals surface area contributed by atoms with E-state index in [-0.39, 0.29) is 18.6 Å². The molecule has 1 aliphatic heterocycles. The van der Waals surface area contributed by atoms with Crippen molar-refractivity contribution in [2.45, 2.75) is 18.9 Å². The average molecular weight is 537 g/mol. The first-order valence-corrected chi connectivity index (χ1v) is 12.2. The highest BCUT2D eigenvalue weighted by Gasteiger charge is 2.30. The van der Waals surface area contributed by atoms with Gasteiger partial charge in [0.15, 0.2) is 0 Å². The highest BCUT2D eigenvalue weighted by Crippen LogP contribution is 2.30. The third-order valence-corrected chi connectivity index (χ3v) is 6.65. The lowest BCUT2D eigenvalue weighted by Gasteiger charge is -2.36. The number of alkyl halides is 3. The quantitative estimate of drug-likeness (QED) is 0.335. The van der Waals surface area contributed by atoms with Gasteiger partial charge in [-0.2, -0.15) is 13.2 Å². The van der Waals surface area contributed by atoms with E-state index in [1.807, 2.05) is 17.0 Å². The predicted molar refractivity (Wildman–Crippen MR) is 134 cm³/mol. The van der Waals surface area contributed by atoms with Crippen LogP contribution in [0.3, 0.4) is 0 Å². The van der Waals surface area contributed by atoms with E-state index in [0.29, 0.717) is 53.9 Å². The van der Waals surface area contributed by atoms with E-state index in [1.165, 1.54) is 12.1 Å². The first kappa shape index (κ1) is 26.5. The minimum absolute atomic E-state index is 0.0286. The molecule has 1 amide bonds. The maximum Gasteiger partial charge on any atom is 0.416 e. The smallest absolute Gasteiger partial charge is 0.368 e. The molecule has 1 heterocycles. The molecule has 190 valence electrons. The van der Waals surface area contributed by atoms with E-state index >= 15 is 0 Å². The van der Waals surface area contributed by atoms with Crippen molar-refractivity contribution < 1.29 is 22.7 Å². The zero-order valence-electron chi connectivity index (χ0n) is 19.3. The van der Waals surface area contributed by atoms with Gasteiger partial charge in [-0.15, -0.1) is 0 Å². The van der Waals surface area contributed by atoms with Gasteiger partial charge >= 0.3 is 6.18 Å². The zero-order chi connectivity index (χ0) is 25.7. The van der Waals surface area contributed by atoms with Crippen LogP contribution in [0.15, 0.2) is 72.8 Å². The molecule has 0 aliphatic carbocycles. The van der Waals surface area contributed by atoms with Crippen molar-refractivity contribution in [1.29, 1.82) is 0 Å². The highest BCUT2D eigenvalue weighted by atomic mass is 35.5.